The fourth-order valence-corrected chi connectivity index (χ4v) is 3.17. The van der Waals surface area contributed by atoms with Gasteiger partial charge in [0.05, 0.1) is 12.0 Å². The van der Waals surface area contributed by atoms with Crippen molar-refractivity contribution in [1.82, 2.24) is 0 Å². The Bertz CT molecular complexity index is 318. The summed E-state index contributed by atoms with van der Waals surface area (Å²) in [6.45, 7) is 3.86. The molecule has 0 aromatic heterocycles. The van der Waals surface area contributed by atoms with E-state index < -0.39 is 6.10 Å². The summed E-state index contributed by atoms with van der Waals surface area (Å²) in [5, 5.41) is 18.0. The standard InChI is InChI=1S/C18H34O4/c1-3-4-5-6-7-8-9-10-11-18(12-15(18)2)17(21)22-14-16(20)13-19/h15-16,19-20H,3-14H2,1-2H3. The van der Waals surface area contributed by atoms with Crippen LogP contribution in [0.5, 0.6) is 0 Å². The van der Waals surface area contributed by atoms with E-state index in [1.165, 1.54) is 44.9 Å². The summed E-state index contributed by atoms with van der Waals surface area (Å²) in [6.07, 6.45) is 11.0. The molecule has 3 atom stereocenters. The number of carbonyl (C=O) groups excluding carboxylic acids is 1. The third-order valence-electron chi connectivity index (χ3n) is 4.95. The normalized spacial score (nSPS) is 25.0. The molecule has 0 saturated heterocycles. The highest BCUT2D eigenvalue weighted by atomic mass is 16.5. The molecule has 4 nitrogen and oxygen atoms in total. The number of aliphatic hydroxyl groups excluding tert-OH is 2. The zero-order chi connectivity index (χ0) is 16.4. The molecule has 0 heterocycles. The number of hydrogen-bond donors (Lipinski definition) is 2. The minimum atomic E-state index is -0.960. The van der Waals surface area contributed by atoms with Gasteiger partial charge < -0.3 is 14.9 Å². The van der Waals surface area contributed by atoms with E-state index in [1.54, 1.807) is 0 Å². The number of esters is 1. The lowest BCUT2D eigenvalue weighted by atomic mass is 9.95. The SMILES string of the molecule is CCCCCCCCCCC1(C(=O)OCC(O)CO)CC1C. The van der Waals surface area contributed by atoms with Crippen LogP contribution in [0.3, 0.4) is 0 Å². The highest BCUT2D eigenvalue weighted by Crippen LogP contribution is 2.56. The van der Waals surface area contributed by atoms with Crippen LogP contribution in [0.25, 0.3) is 0 Å². The summed E-state index contributed by atoms with van der Waals surface area (Å²) in [5.74, 6) is 0.200. The second kappa shape index (κ2) is 10.2. The van der Waals surface area contributed by atoms with Crippen molar-refractivity contribution in [2.24, 2.45) is 11.3 Å². The van der Waals surface area contributed by atoms with Crippen molar-refractivity contribution in [2.45, 2.75) is 84.2 Å². The second-order valence-electron chi connectivity index (χ2n) is 6.92. The van der Waals surface area contributed by atoms with Gasteiger partial charge >= 0.3 is 5.97 Å². The molecule has 1 saturated carbocycles. The predicted octanol–water partition coefficient (Wildman–Crippen LogP) is 3.44. The minimum absolute atomic E-state index is 0.0960. The van der Waals surface area contributed by atoms with Crippen LogP contribution in [0.1, 0.15) is 78.1 Å². The summed E-state index contributed by atoms with van der Waals surface area (Å²) in [6, 6.07) is 0. The molecule has 1 aliphatic rings. The van der Waals surface area contributed by atoms with Crippen LogP contribution in [0.2, 0.25) is 0 Å². The van der Waals surface area contributed by atoms with E-state index in [9.17, 15) is 9.90 Å². The zero-order valence-corrected chi connectivity index (χ0v) is 14.4. The topological polar surface area (TPSA) is 66.8 Å². The van der Waals surface area contributed by atoms with Gasteiger partial charge in [0.25, 0.3) is 0 Å². The second-order valence-corrected chi connectivity index (χ2v) is 6.92. The van der Waals surface area contributed by atoms with E-state index >= 15 is 0 Å². The van der Waals surface area contributed by atoms with E-state index in [1.807, 2.05) is 0 Å². The zero-order valence-electron chi connectivity index (χ0n) is 14.4. The summed E-state index contributed by atoms with van der Waals surface area (Å²) in [7, 11) is 0. The molecule has 0 radical (unpaired) electrons. The van der Waals surface area contributed by atoms with Gasteiger partial charge in [-0.15, -0.1) is 0 Å². The van der Waals surface area contributed by atoms with Crippen LogP contribution in [0.4, 0.5) is 0 Å². The van der Waals surface area contributed by atoms with Crippen LogP contribution >= 0.6 is 0 Å². The molecule has 0 aliphatic heterocycles. The predicted molar refractivity (Wildman–Crippen MR) is 87.5 cm³/mol. The van der Waals surface area contributed by atoms with Crippen LogP contribution in [0.15, 0.2) is 0 Å². The first-order chi connectivity index (χ1) is 10.6. The Labute approximate surface area is 135 Å². The van der Waals surface area contributed by atoms with Crippen molar-refractivity contribution < 1.29 is 19.7 Å². The Morgan fingerprint density at radius 2 is 1.73 bits per heavy atom. The molecule has 3 unspecified atom stereocenters. The average molecular weight is 314 g/mol. The summed E-state index contributed by atoms with van der Waals surface area (Å²) in [4.78, 5) is 12.2. The first kappa shape index (κ1) is 19.4. The van der Waals surface area contributed by atoms with Gasteiger partial charge in [-0.1, -0.05) is 65.2 Å². The lowest BCUT2D eigenvalue weighted by Gasteiger charge is -2.17. The molecule has 4 heteroatoms. The Balaban J connectivity index is 2.14. The molecule has 22 heavy (non-hydrogen) atoms. The molecule has 0 amide bonds. The van der Waals surface area contributed by atoms with Crippen molar-refractivity contribution in [1.29, 1.82) is 0 Å². The monoisotopic (exact) mass is 314 g/mol. The minimum Gasteiger partial charge on any atom is -0.462 e. The summed E-state index contributed by atoms with van der Waals surface area (Å²) < 4.78 is 5.17. The molecule has 130 valence electrons. The first-order valence-corrected chi connectivity index (χ1v) is 9.03. The number of hydrogen-bond acceptors (Lipinski definition) is 4. The maximum absolute atomic E-state index is 12.2. The smallest absolute Gasteiger partial charge is 0.312 e. The largest absolute Gasteiger partial charge is 0.462 e. The first-order valence-electron chi connectivity index (χ1n) is 9.03. The molecule has 1 rings (SSSR count). The third kappa shape index (κ3) is 6.25. The Morgan fingerprint density at radius 3 is 2.23 bits per heavy atom. The van der Waals surface area contributed by atoms with Gasteiger partial charge in [0.2, 0.25) is 0 Å². The summed E-state index contributed by atoms with van der Waals surface area (Å²) in [5.41, 5.74) is -0.308. The van der Waals surface area contributed by atoms with Gasteiger partial charge in [-0.2, -0.15) is 0 Å². The van der Waals surface area contributed by atoms with Crippen molar-refractivity contribution >= 4 is 5.97 Å². The third-order valence-corrected chi connectivity index (χ3v) is 4.95. The van der Waals surface area contributed by atoms with Gasteiger partial charge in [-0.05, 0) is 18.8 Å². The fourth-order valence-electron chi connectivity index (χ4n) is 3.17. The van der Waals surface area contributed by atoms with Gasteiger partial charge in [-0.3, -0.25) is 4.79 Å². The molecular formula is C18H34O4. The lowest BCUT2D eigenvalue weighted by Crippen LogP contribution is -2.27. The Morgan fingerprint density at radius 1 is 1.18 bits per heavy atom. The number of unbranched alkanes of at least 4 members (excludes halogenated alkanes) is 7. The average Bonchev–Trinajstić information content (AvgIpc) is 3.18. The van der Waals surface area contributed by atoms with E-state index in [0.717, 1.165) is 19.3 Å². The lowest BCUT2D eigenvalue weighted by molar-refractivity contribution is -0.154. The number of ether oxygens (including phenoxy) is 1. The number of carbonyl (C=O) groups is 1. The number of aliphatic hydroxyl groups is 2. The van der Waals surface area contributed by atoms with Gasteiger partial charge in [-0.25, -0.2) is 0 Å². The van der Waals surface area contributed by atoms with E-state index in [2.05, 4.69) is 13.8 Å². The molecule has 0 spiro atoms. The van der Waals surface area contributed by atoms with E-state index in [4.69, 9.17) is 9.84 Å². The van der Waals surface area contributed by atoms with E-state index in [-0.39, 0.29) is 24.6 Å². The van der Waals surface area contributed by atoms with Crippen LogP contribution in [-0.4, -0.2) is 35.5 Å². The molecule has 2 N–H and O–H groups in total. The molecular weight excluding hydrogens is 280 g/mol. The van der Waals surface area contributed by atoms with Crippen molar-refractivity contribution in [2.75, 3.05) is 13.2 Å². The van der Waals surface area contributed by atoms with Gasteiger partial charge in [0.1, 0.15) is 12.7 Å². The van der Waals surface area contributed by atoms with Crippen molar-refractivity contribution in [3.05, 3.63) is 0 Å². The summed E-state index contributed by atoms with van der Waals surface area (Å²) >= 11 is 0. The quantitative estimate of drug-likeness (QED) is 0.404. The maximum Gasteiger partial charge on any atom is 0.312 e. The Kier molecular flexibility index (Phi) is 9.03. The van der Waals surface area contributed by atoms with Crippen molar-refractivity contribution in [3.8, 4) is 0 Å². The number of rotatable bonds is 13. The van der Waals surface area contributed by atoms with Crippen LogP contribution in [0, 0.1) is 11.3 Å². The van der Waals surface area contributed by atoms with Gasteiger partial charge in [0.15, 0.2) is 0 Å². The Hall–Kier alpha value is -0.610. The van der Waals surface area contributed by atoms with E-state index in [0.29, 0.717) is 5.92 Å². The maximum atomic E-state index is 12.2. The van der Waals surface area contributed by atoms with Gasteiger partial charge in [0, 0.05) is 0 Å². The highest BCUT2D eigenvalue weighted by Gasteiger charge is 2.57. The fraction of sp³-hybridized carbons (Fsp3) is 0.944. The molecule has 1 aliphatic carbocycles. The molecule has 0 bridgehead atoms. The molecule has 1 fully saturated rings. The molecule has 0 aromatic carbocycles. The van der Waals surface area contributed by atoms with Crippen LogP contribution < -0.4 is 0 Å². The van der Waals surface area contributed by atoms with Crippen molar-refractivity contribution in [3.63, 3.8) is 0 Å². The molecule has 0 aromatic rings. The van der Waals surface area contributed by atoms with Crippen LogP contribution in [-0.2, 0) is 9.53 Å². The highest BCUT2D eigenvalue weighted by molar-refractivity contribution is 5.80.